The molecule has 11 heteroatoms. The average molecular weight is 572 g/mol. The standard InChI is InChI=1S/C31H33N5O6/c1-4-40-31(39)26-8-12-28(13-9-26)41-20-5-14-33-15-17-35(23(2)37)29(33)30-34(16-18-36(30)24(3)38)19-21-42-27-10-6-25(22-32)7-11-27/h6-13,15-18H,4-5,14,19-21H2,1-3H3/q+2. The molecule has 0 saturated heterocycles. The number of hydrogen-bond donors (Lipinski definition) is 0. The van der Waals surface area contributed by atoms with Gasteiger partial charge in [0.2, 0.25) is 0 Å². The number of imidazole rings is 2. The Morgan fingerprint density at radius 1 is 0.786 bits per heavy atom. The maximum absolute atomic E-state index is 12.6. The molecule has 0 aliphatic rings. The molecule has 0 bridgehead atoms. The van der Waals surface area contributed by atoms with Gasteiger partial charge >= 0.3 is 29.4 Å². The number of carbonyl (C=O) groups excluding carboxylic acids is 3. The van der Waals surface area contributed by atoms with Gasteiger partial charge in [-0.2, -0.15) is 14.4 Å². The van der Waals surface area contributed by atoms with Gasteiger partial charge < -0.3 is 14.2 Å². The van der Waals surface area contributed by atoms with Crippen molar-refractivity contribution in [3.05, 3.63) is 84.4 Å². The Balaban J connectivity index is 1.48. The number of ether oxygens (including phenoxy) is 3. The first-order valence-corrected chi connectivity index (χ1v) is 13.6. The quantitative estimate of drug-likeness (QED) is 0.145. The van der Waals surface area contributed by atoms with Crippen molar-refractivity contribution in [1.82, 2.24) is 9.13 Å². The Kier molecular flexibility index (Phi) is 9.84. The first-order valence-electron chi connectivity index (χ1n) is 13.6. The zero-order valence-corrected chi connectivity index (χ0v) is 23.9. The fourth-order valence-corrected chi connectivity index (χ4v) is 4.41. The molecular formula is C31H33N5O6+2. The summed E-state index contributed by atoms with van der Waals surface area (Å²) in [6.45, 7) is 6.62. The van der Waals surface area contributed by atoms with Crippen molar-refractivity contribution in [2.75, 3.05) is 19.8 Å². The molecule has 0 unspecified atom stereocenters. The maximum atomic E-state index is 12.6. The van der Waals surface area contributed by atoms with Gasteiger partial charge in [-0.05, 0) is 55.5 Å². The van der Waals surface area contributed by atoms with Crippen LogP contribution in [0.2, 0.25) is 0 Å². The zero-order valence-electron chi connectivity index (χ0n) is 23.9. The smallest absolute Gasteiger partial charge is 0.381 e. The van der Waals surface area contributed by atoms with Gasteiger partial charge in [-0.25, -0.2) is 23.5 Å². The fourth-order valence-electron chi connectivity index (χ4n) is 4.41. The summed E-state index contributed by atoms with van der Waals surface area (Å²) in [5, 5.41) is 8.99. The predicted octanol–water partition coefficient (Wildman–Crippen LogP) is 3.45. The van der Waals surface area contributed by atoms with Crippen LogP contribution in [0.3, 0.4) is 0 Å². The van der Waals surface area contributed by atoms with Crippen LogP contribution < -0.4 is 18.6 Å². The minimum Gasteiger partial charge on any atom is -0.493 e. The Morgan fingerprint density at radius 3 is 1.83 bits per heavy atom. The summed E-state index contributed by atoms with van der Waals surface area (Å²) in [6.07, 6.45) is 7.55. The van der Waals surface area contributed by atoms with E-state index >= 15 is 0 Å². The summed E-state index contributed by atoms with van der Waals surface area (Å²) < 4.78 is 23.6. The summed E-state index contributed by atoms with van der Waals surface area (Å²) in [4.78, 5) is 37.0. The van der Waals surface area contributed by atoms with E-state index < -0.39 is 0 Å². The Morgan fingerprint density at radius 2 is 1.31 bits per heavy atom. The van der Waals surface area contributed by atoms with Crippen LogP contribution in [-0.2, 0) is 17.8 Å². The molecule has 0 radical (unpaired) electrons. The molecule has 0 N–H and O–H groups in total. The van der Waals surface area contributed by atoms with Crippen LogP contribution in [0.4, 0.5) is 0 Å². The van der Waals surface area contributed by atoms with Gasteiger partial charge in [0.1, 0.15) is 49.4 Å². The largest absolute Gasteiger partial charge is 0.493 e. The molecule has 11 nitrogen and oxygen atoms in total. The second-order valence-corrected chi connectivity index (χ2v) is 9.34. The highest BCUT2D eigenvalue weighted by Crippen LogP contribution is 2.16. The van der Waals surface area contributed by atoms with E-state index in [0.29, 0.717) is 73.6 Å². The van der Waals surface area contributed by atoms with Crippen molar-refractivity contribution in [3.8, 4) is 29.2 Å². The molecule has 42 heavy (non-hydrogen) atoms. The predicted molar refractivity (Wildman–Crippen MR) is 150 cm³/mol. The lowest BCUT2D eigenvalue weighted by Gasteiger charge is -2.08. The highest BCUT2D eigenvalue weighted by atomic mass is 16.5. The molecule has 0 saturated carbocycles. The van der Waals surface area contributed by atoms with Crippen molar-refractivity contribution in [2.45, 2.75) is 40.3 Å². The lowest BCUT2D eigenvalue weighted by molar-refractivity contribution is -0.715. The zero-order chi connectivity index (χ0) is 30.1. The molecule has 0 atom stereocenters. The molecule has 0 fully saturated rings. The molecule has 2 aromatic heterocycles. The van der Waals surface area contributed by atoms with Crippen molar-refractivity contribution in [3.63, 3.8) is 0 Å². The van der Waals surface area contributed by atoms with Crippen LogP contribution in [0.5, 0.6) is 11.5 Å². The number of carbonyl (C=O) groups is 3. The number of rotatable bonds is 12. The molecule has 2 heterocycles. The second kappa shape index (κ2) is 13.9. The molecule has 0 spiro atoms. The molecule has 2 aromatic carbocycles. The minimum absolute atomic E-state index is 0.196. The van der Waals surface area contributed by atoms with E-state index in [0.717, 1.165) is 0 Å². The van der Waals surface area contributed by atoms with E-state index in [1.165, 1.54) is 23.0 Å². The SMILES string of the molecule is CCOC(=O)c1ccc(OCCC[n+]2ccn(C(C)=O)c2-c2n(C(C)=O)cc[n+]2CCOc2ccc(C#N)cc2)cc1. The number of nitrogens with zero attached hydrogens (tertiary/aromatic N) is 5. The van der Waals surface area contributed by atoms with Gasteiger partial charge in [0.05, 0.1) is 37.0 Å². The van der Waals surface area contributed by atoms with Crippen LogP contribution in [0.15, 0.2) is 73.3 Å². The van der Waals surface area contributed by atoms with E-state index in [9.17, 15) is 14.4 Å². The summed E-state index contributed by atoms with van der Waals surface area (Å²) in [5.41, 5.74) is 1.00. The molecule has 0 aliphatic heterocycles. The Labute approximate surface area is 243 Å². The Bertz CT molecular complexity index is 1600. The topological polar surface area (TPSA) is 120 Å². The normalized spacial score (nSPS) is 10.6. The number of hydrogen-bond acceptors (Lipinski definition) is 7. The Hall–Kier alpha value is -5.24. The number of benzene rings is 2. The summed E-state index contributed by atoms with van der Waals surface area (Å²) in [7, 11) is 0. The number of nitriles is 1. The fraction of sp³-hybridized carbons (Fsp3) is 0.290. The highest BCUT2D eigenvalue weighted by Gasteiger charge is 2.35. The van der Waals surface area contributed by atoms with E-state index in [4.69, 9.17) is 19.5 Å². The highest BCUT2D eigenvalue weighted by molar-refractivity contribution is 5.89. The van der Waals surface area contributed by atoms with Crippen molar-refractivity contribution in [1.29, 1.82) is 5.26 Å². The summed E-state index contributed by atoms with van der Waals surface area (Å²) in [5.74, 6) is 1.57. The van der Waals surface area contributed by atoms with E-state index in [2.05, 4.69) is 6.07 Å². The van der Waals surface area contributed by atoms with Crippen molar-refractivity contribution >= 4 is 17.8 Å². The third-order valence-electron chi connectivity index (χ3n) is 6.43. The van der Waals surface area contributed by atoms with E-state index in [-0.39, 0.29) is 17.8 Å². The van der Waals surface area contributed by atoms with Gasteiger partial charge in [-0.15, -0.1) is 0 Å². The second-order valence-electron chi connectivity index (χ2n) is 9.34. The first-order chi connectivity index (χ1) is 20.3. The van der Waals surface area contributed by atoms with Crippen LogP contribution in [0.25, 0.3) is 11.6 Å². The van der Waals surface area contributed by atoms with E-state index in [1.54, 1.807) is 80.2 Å². The lowest BCUT2D eigenvalue weighted by Crippen LogP contribution is -2.45. The molecule has 0 aliphatic carbocycles. The summed E-state index contributed by atoms with van der Waals surface area (Å²) in [6, 6.07) is 15.7. The maximum Gasteiger partial charge on any atom is 0.381 e. The van der Waals surface area contributed by atoms with Crippen LogP contribution in [0.1, 0.15) is 52.7 Å². The van der Waals surface area contributed by atoms with Crippen LogP contribution >= 0.6 is 0 Å². The summed E-state index contributed by atoms with van der Waals surface area (Å²) >= 11 is 0. The minimum atomic E-state index is -0.378. The number of aryl methyl sites for hydroxylation is 1. The van der Waals surface area contributed by atoms with Gasteiger partial charge in [0, 0.05) is 20.3 Å². The van der Waals surface area contributed by atoms with Gasteiger partial charge in [0.25, 0.3) is 0 Å². The first kappa shape index (κ1) is 29.7. The van der Waals surface area contributed by atoms with Gasteiger partial charge in [0.15, 0.2) is 0 Å². The van der Waals surface area contributed by atoms with Gasteiger partial charge in [-0.1, -0.05) is 0 Å². The third-order valence-corrected chi connectivity index (χ3v) is 6.43. The molecule has 0 amide bonds. The number of aromatic nitrogens is 4. The molecule has 4 rings (SSSR count). The monoisotopic (exact) mass is 571 g/mol. The third kappa shape index (κ3) is 7.09. The number of esters is 1. The lowest BCUT2D eigenvalue weighted by atomic mass is 10.2. The van der Waals surface area contributed by atoms with Crippen molar-refractivity contribution in [2.24, 2.45) is 0 Å². The van der Waals surface area contributed by atoms with Crippen LogP contribution in [-0.4, -0.2) is 46.7 Å². The molecule has 4 aromatic rings. The molecule has 216 valence electrons. The molecular weight excluding hydrogens is 538 g/mol. The van der Waals surface area contributed by atoms with E-state index in [1.807, 2.05) is 9.13 Å². The van der Waals surface area contributed by atoms with Crippen molar-refractivity contribution < 1.29 is 37.7 Å². The van der Waals surface area contributed by atoms with Gasteiger partial charge in [-0.3, -0.25) is 0 Å². The van der Waals surface area contributed by atoms with Crippen LogP contribution in [0, 0.1) is 11.3 Å². The average Bonchev–Trinajstić information content (AvgIpc) is 3.60.